The standard InChI is InChI=1S/C2H9N5O/c3-6-2(7-4)1-8-5/h2-3,7H,1,4-5H2. The zero-order valence-electron chi connectivity index (χ0n) is 4.29. The van der Waals surface area contributed by atoms with E-state index in [0.29, 0.717) is 0 Å². The molecule has 0 aromatic heterocycles. The first-order valence-electron chi connectivity index (χ1n) is 1.99. The molecule has 0 aromatic carbocycles. The smallest absolute Gasteiger partial charge is 0.158 e. The summed E-state index contributed by atoms with van der Waals surface area (Å²) < 4.78 is 0. The van der Waals surface area contributed by atoms with Crippen LogP contribution in [0.3, 0.4) is 0 Å². The van der Waals surface area contributed by atoms with Gasteiger partial charge in [0.25, 0.3) is 0 Å². The molecule has 1 atom stereocenters. The van der Waals surface area contributed by atoms with Gasteiger partial charge in [-0.15, -0.1) is 0 Å². The third-order valence-corrected chi connectivity index (χ3v) is 0.602. The minimum atomic E-state index is -0.528. The van der Waals surface area contributed by atoms with Crippen molar-refractivity contribution in [3.63, 3.8) is 0 Å². The Kier molecular flexibility index (Phi) is 4.27. The third kappa shape index (κ3) is 2.59. The van der Waals surface area contributed by atoms with Crippen LogP contribution in [0.25, 0.3) is 0 Å². The van der Waals surface area contributed by atoms with Crippen molar-refractivity contribution in [1.82, 2.24) is 5.43 Å². The highest BCUT2D eigenvalue weighted by Crippen LogP contribution is 1.79. The van der Waals surface area contributed by atoms with E-state index in [-0.39, 0.29) is 6.61 Å². The van der Waals surface area contributed by atoms with E-state index in [1.807, 2.05) is 0 Å². The molecule has 0 amide bonds. The summed E-state index contributed by atoms with van der Waals surface area (Å²) >= 11 is 0. The average molecular weight is 119 g/mol. The van der Waals surface area contributed by atoms with Gasteiger partial charge in [0.05, 0.1) is 0 Å². The second-order valence-corrected chi connectivity index (χ2v) is 1.14. The number of nitrogens with two attached hydrogens (primary N) is 2. The maximum Gasteiger partial charge on any atom is 0.158 e. The topological polar surface area (TPSA) is 110 Å². The first-order chi connectivity index (χ1) is 3.85. The summed E-state index contributed by atoms with van der Waals surface area (Å²) in [5, 5.41) is 3.01. The number of hydrazine groups is 1. The summed E-state index contributed by atoms with van der Waals surface area (Å²) in [7, 11) is 0. The van der Waals surface area contributed by atoms with Crippen LogP contribution in [-0.4, -0.2) is 12.8 Å². The van der Waals surface area contributed by atoms with Gasteiger partial charge in [0.2, 0.25) is 0 Å². The molecule has 6 nitrogen and oxygen atoms in total. The van der Waals surface area contributed by atoms with Crippen LogP contribution in [0.1, 0.15) is 0 Å². The summed E-state index contributed by atoms with van der Waals surface area (Å²) in [6.07, 6.45) is -0.528. The van der Waals surface area contributed by atoms with E-state index in [1.165, 1.54) is 0 Å². The van der Waals surface area contributed by atoms with Crippen molar-refractivity contribution in [1.29, 1.82) is 5.53 Å². The molecule has 0 aliphatic rings. The molecule has 0 aliphatic carbocycles. The number of nitrogens with one attached hydrogen (secondary N) is 2. The Balaban J connectivity index is 3.21. The number of hydrogen-bond acceptors (Lipinski definition) is 6. The van der Waals surface area contributed by atoms with E-state index in [4.69, 9.17) is 11.4 Å². The highest BCUT2D eigenvalue weighted by atomic mass is 16.6. The minimum Gasteiger partial charge on any atom is -0.301 e. The predicted molar refractivity (Wildman–Crippen MR) is 26.4 cm³/mol. The van der Waals surface area contributed by atoms with Crippen LogP contribution < -0.4 is 17.2 Å². The van der Waals surface area contributed by atoms with Gasteiger partial charge in [0.1, 0.15) is 6.61 Å². The molecule has 0 bridgehead atoms. The summed E-state index contributed by atoms with van der Waals surface area (Å²) in [4.78, 5) is 4.13. The van der Waals surface area contributed by atoms with Gasteiger partial charge in [-0.25, -0.2) is 16.9 Å². The molecule has 0 radical (unpaired) electrons. The van der Waals surface area contributed by atoms with E-state index in [2.05, 4.69) is 21.3 Å². The number of hydrogen-bond donors (Lipinski definition) is 4. The zero-order chi connectivity index (χ0) is 6.41. The van der Waals surface area contributed by atoms with Gasteiger partial charge in [-0.05, 0) is 0 Å². The van der Waals surface area contributed by atoms with E-state index < -0.39 is 6.17 Å². The highest BCUT2D eigenvalue weighted by molar-refractivity contribution is 4.50. The Morgan fingerprint density at radius 1 is 1.88 bits per heavy atom. The molecule has 0 saturated heterocycles. The summed E-state index contributed by atoms with van der Waals surface area (Å²) in [6, 6.07) is 0. The molecule has 0 heterocycles. The van der Waals surface area contributed by atoms with Crippen LogP contribution in [0.4, 0.5) is 0 Å². The molecule has 6 heteroatoms. The fourth-order valence-electron chi connectivity index (χ4n) is 0.214. The van der Waals surface area contributed by atoms with Crippen LogP contribution in [0.5, 0.6) is 0 Å². The van der Waals surface area contributed by atoms with E-state index >= 15 is 0 Å². The van der Waals surface area contributed by atoms with Crippen LogP contribution in [0.15, 0.2) is 5.11 Å². The molecule has 0 fully saturated rings. The average Bonchev–Trinajstić information content (AvgIpc) is 1.83. The second-order valence-electron chi connectivity index (χ2n) is 1.14. The van der Waals surface area contributed by atoms with Crippen molar-refractivity contribution in [2.45, 2.75) is 6.17 Å². The second kappa shape index (κ2) is 4.60. The third-order valence-electron chi connectivity index (χ3n) is 0.602. The molecular weight excluding hydrogens is 110 g/mol. The molecule has 0 spiro atoms. The van der Waals surface area contributed by atoms with Crippen molar-refractivity contribution in [3.05, 3.63) is 0 Å². The monoisotopic (exact) mass is 119 g/mol. The van der Waals surface area contributed by atoms with Gasteiger partial charge in [0.15, 0.2) is 6.17 Å². The molecular formula is C2H9N5O. The Labute approximate surface area is 46.6 Å². The van der Waals surface area contributed by atoms with Gasteiger partial charge in [-0.3, -0.25) is 5.84 Å². The van der Waals surface area contributed by atoms with Crippen LogP contribution >= 0.6 is 0 Å². The lowest BCUT2D eigenvalue weighted by Gasteiger charge is -2.04. The summed E-state index contributed by atoms with van der Waals surface area (Å²) in [5.41, 5.74) is 8.60. The molecule has 6 N–H and O–H groups in total. The molecule has 0 aromatic rings. The van der Waals surface area contributed by atoms with Gasteiger partial charge in [-0.1, -0.05) is 0 Å². The quantitative estimate of drug-likeness (QED) is 0.209. The van der Waals surface area contributed by atoms with E-state index in [0.717, 1.165) is 0 Å². The van der Waals surface area contributed by atoms with Crippen molar-refractivity contribution in [3.8, 4) is 0 Å². The van der Waals surface area contributed by atoms with Crippen molar-refractivity contribution in [2.75, 3.05) is 6.61 Å². The van der Waals surface area contributed by atoms with Gasteiger partial charge in [0, 0.05) is 0 Å². The highest BCUT2D eigenvalue weighted by Gasteiger charge is 1.99. The Morgan fingerprint density at radius 3 is 2.62 bits per heavy atom. The fourth-order valence-corrected chi connectivity index (χ4v) is 0.214. The van der Waals surface area contributed by atoms with E-state index in [1.54, 1.807) is 0 Å². The Bertz CT molecular complexity index is 65.4. The lowest BCUT2D eigenvalue weighted by atomic mass is 10.6. The lowest BCUT2D eigenvalue weighted by molar-refractivity contribution is 0.113. The largest absolute Gasteiger partial charge is 0.301 e. The van der Waals surface area contributed by atoms with Crippen molar-refractivity contribution in [2.24, 2.45) is 16.9 Å². The van der Waals surface area contributed by atoms with Gasteiger partial charge < -0.3 is 4.84 Å². The minimum absolute atomic E-state index is 0.111. The molecule has 0 rings (SSSR count). The lowest BCUT2D eigenvalue weighted by Crippen LogP contribution is -2.37. The Hall–Kier alpha value is -0.560. The SMILES string of the molecule is N=NC(CON)NN. The van der Waals surface area contributed by atoms with Crippen molar-refractivity contribution >= 4 is 0 Å². The molecule has 0 aliphatic heterocycles. The van der Waals surface area contributed by atoms with Gasteiger partial charge >= 0.3 is 0 Å². The predicted octanol–water partition coefficient (Wildman–Crippen LogP) is -1.30. The first kappa shape index (κ1) is 7.44. The normalized spacial score (nSPS) is 13.2. The van der Waals surface area contributed by atoms with Crippen LogP contribution in [-0.2, 0) is 4.84 Å². The number of nitrogens with zero attached hydrogens (tertiary/aromatic N) is 1. The maximum absolute atomic E-state index is 6.41. The fraction of sp³-hybridized carbons (Fsp3) is 1.00. The van der Waals surface area contributed by atoms with Crippen molar-refractivity contribution < 1.29 is 4.84 Å². The summed E-state index contributed by atoms with van der Waals surface area (Å²) in [6.45, 7) is 0.111. The Morgan fingerprint density at radius 2 is 2.50 bits per heavy atom. The van der Waals surface area contributed by atoms with Crippen LogP contribution in [0, 0.1) is 5.53 Å². The maximum atomic E-state index is 6.41. The zero-order valence-corrected chi connectivity index (χ0v) is 4.29. The molecule has 1 unspecified atom stereocenters. The number of rotatable bonds is 4. The van der Waals surface area contributed by atoms with E-state index in [9.17, 15) is 0 Å². The van der Waals surface area contributed by atoms with Gasteiger partial charge in [-0.2, -0.15) is 5.11 Å². The summed E-state index contributed by atoms with van der Waals surface area (Å²) in [5.74, 6) is 9.51. The molecule has 48 valence electrons. The van der Waals surface area contributed by atoms with Crippen LogP contribution in [0.2, 0.25) is 0 Å². The molecule has 8 heavy (non-hydrogen) atoms. The molecule has 0 saturated carbocycles. The first-order valence-corrected chi connectivity index (χ1v) is 1.99.